The van der Waals surface area contributed by atoms with Crippen molar-refractivity contribution >= 4 is 21.5 Å². The fraction of sp³-hybridized carbons (Fsp3) is 0.444. The first-order chi connectivity index (χ1) is 13.1. The number of nitrogens with zero attached hydrogens (tertiary/aromatic N) is 2. The number of hydrogen-bond acceptors (Lipinski definition) is 4. The number of fused-ring (bicyclic) bond motifs is 1. The minimum atomic E-state index is -3.26. The third-order valence-electron chi connectivity index (χ3n) is 4.86. The molecule has 0 aromatic carbocycles. The van der Waals surface area contributed by atoms with E-state index in [1.807, 2.05) is 13.8 Å². The van der Waals surface area contributed by atoms with Crippen LogP contribution in [0.15, 0.2) is 29.4 Å². The van der Waals surface area contributed by atoms with Gasteiger partial charge in [-0.1, -0.05) is 13.8 Å². The molecule has 0 radical (unpaired) electrons. The Labute approximate surface area is 162 Å². The molecule has 3 heterocycles. The number of pyridine rings is 1. The molecule has 3 rings (SSSR count). The highest BCUT2D eigenvalue weighted by molar-refractivity contribution is 7.90. The molecule has 0 saturated heterocycles. The van der Waals surface area contributed by atoms with Crippen LogP contribution < -0.4 is 10.0 Å². The van der Waals surface area contributed by atoms with Crippen molar-refractivity contribution < 1.29 is 17.8 Å². The number of carbonyl (C=O) groups is 1. The van der Waals surface area contributed by atoms with Crippen molar-refractivity contribution in [1.82, 2.24) is 14.3 Å². The first kappa shape index (κ1) is 20.4. The molecule has 7 nitrogen and oxygen atoms in total. The van der Waals surface area contributed by atoms with E-state index >= 15 is 0 Å². The number of nitrogens with one attached hydrogen (secondary N) is 3. The molecule has 3 N–H and O–H groups in total. The predicted octanol–water partition coefficient (Wildman–Crippen LogP) is 3.49. The van der Waals surface area contributed by atoms with Crippen molar-refractivity contribution in [3.8, 4) is 0 Å². The summed E-state index contributed by atoms with van der Waals surface area (Å²) in [6, 6.07) is 2.44. The van der Waals surface area contributed by atoms with Gasteiger partial charge in [-0.2, -0.15) is 0 Å². The Hall–Kier alpha value is -2.33. The number of carbonyl (C=O) groups excluding carboxylic acids is 1. The number of amides is 1. The monoisotopic (exact) mass is 411 g/mol. The topological polar surface area (TPSA) is 99.9 Å². The Morgan fingerprint density at radius 1 is 1.46 bits per heavy atom. The van der Waals surface area contributed by atoms with Gasteiger partial charge in [0.15, 0.2) is 0 Å². The average Bonchev–Trinajstić information content (AvgIpc) is 2.89. The summed E-state index contributed by atoms with van der Waals surface area (Å²) in [5, 5.41) is 2.60. The van der Waals surface area contributed by atoms with Gasteiger partial charge in [0.2, 0.25) is 0 Å². The standard InChI is InChI=1S/C18H23F2N5O2S/c1-10(2)13-5-4-12-15(28(21,27)24-13)9-25(3)16(12)18(26)23-11-6-7-22-14(8-11)17(19)20/h6-10,13,17H,4-5H2,1-3H3,(H2,21,24,27)(H,22,23,26)/t13-,28?/m1/s1. The maximum Gasteiger partial charge on any atom is 0.280 e. The number of aryl methyl sites for hydroxylation is 1. The van der Waals surface area contributed by atoms with Crippen LogP contribution in [0.3, 0.4) is 0 Å². The van der Waals surface area contributed by atoms with Gasteiger partial charge < -0.3 is 9.88 Å². The molecule has 152 valence electrons. The van der Waals surface area contributed by atoms with Gasteiger partial charge in [-0.05, 0) is 30.9 Å². The first-order valence-corrected chi connectivity index (χ1v) is 10.5. The van der Waals surface area contributed by atoms with E-state index in [1.54, 1.807) is 7.05 Å². The molecule has 0 bridgehead atoms. The fourth-order valence-electron chi connectivity index (χ4n) is 3.38. The van der Waals surface area contributed by atoms with Crippen LogP contribution in [0.25, 0.3) is 0 Å². The van der Waals surface area contributed by atoms with E-state index in [4.69, 9.17) is 4.78 Å². The lowest BCUT2D eigenvalue weighted by Crippen LogP contribution is -2.36. The SMILES string of the molecule is CC(C)[C@H]1CCc2c(cn(C)c2C(=O)Nc2ccnc(C(F)F)c2)S(=N)(=O)N1. The molecule has 2 aromatic rings. The summed E-state index contributed by atoms with van der Waals surface area (Å²) >= 11 is 0. The van der Waals surface area contributed by atoms with Crippen LogP contribution in [0.1, 0.15) is 48.4 Å². The fourth-order valence-corrected chi connectivity index (χ4v) is 5.17. The van der Waals surface area contributed by atoms with Crippen LogP contribution in [0.2, 0.25) is 0 Å². The summed E-state index contributed by atoms with van der Waals surface area (Å²) in [5.41, 5.74) is 0.598. The molecule has 28 heavy (non-hydrogen) atoms. The highest BCUT2D eigenvalue weighted by Crippen LogP contribution is 2.30. The van der Waals surface area contributed by atoms with E-state index < -0.39 is 27.9 Å². The third kappa shape index (κ3) is 3.93. The molecular weight excluding hydrogens is 388 g/mol. The second-order valence-electron chi connectivity index (χ2n) is 7.22. The average molecular weight is 411 g/mol. The molecule has 0 fully saturated rings. The zero-order chi connectivity index (χ0) is 20.6. The van der Waals surface area contributed by atoms with Crippen molar-refractivity contribution in [2.75, 3.05) is 5.32 Å². The zero-order valence-corrected chi connectivity index (χ0v) is 16.6. The number of hydrogen-bond donors (Lipinski definition) is 3. The Balaban J connectivity index is 1.95. The van der Waals surface area contributed by atoms with Gasteiger partial charge in [-0.3, -0.25) is 9.78 Å². The van der Waals surface area contributed by atoms with Gasteiger partial charge in [-0.15, -0.1) is 0 Å². The smallest absolute Gasteiger partial charge is 0.280 e. The lowest BCUT2D eigenvalue weighted by Gasteiger charge is -2.20. The van der Waals surface area contributed by atoms with Gasteiger partial charge in [0.1, 0.15) is 21.3 Å². The molecule has 1 aliphatic heterocycles. The maximum absolute atomic E-state index is 12.9. The summed E-state index contributed by atoms with van der Waals surface area (Å²) in [6.45, 7) is 3.97. The van der Waals surface area contributed by atoms with Gasteiger partial charge in [-0.25, -0.2) is 22.5 Å². The number of alkyl halides is 2. The van der Waals surface area contributed by atoms with E-state index in [2.05, 4.69) is 15.0 Å². The molecule has 0 aliphatic carbocycles. The number of aromatic nitrogens is 2. The summed E-state index contributed by atoms with van der Waals surface area (Å²) in [7, 11) is -1.62. The minimum absolute atomic E-state index is 0.104. The van der Waals surface area contributed by atoms with Crippen molar-refractivity contribution in [1.29, 1.82) is 4.78 Å². The van der Waals surface area contributed by atoms with E-state index in [1.165, 1.54) is 23.0 Å². The highest BCUT2D eigenvalue weighted by Gasteiger charge is 2.31. The normalized spacial score (nSPS) is 22.2. The highest BCUT2D eigenvalue weighted by atomic mass is 32.2. The quantitative estimate of drug-likeness (QED) is 0.718. The maximum atomic E-state index is 12.9. The summed E-state index contributed by atoms with van der Waals surface area (Å²) in [4.78, 5) is 16.7. The summed E-state index contributed by atoms with van der Waals surface area (Å²) < 4.78 is 51.4. The van der Waals surface area contributed by atoms with Crippen LogP contribution in [0.5, 0.6) is 0 Å². The number of halogens is 2. The molecule has 2 atom stereocenters. The molecule has 0 saturated carbocycles. The molecule has 1 amide bonds. The van der Waals surface area contributed by atoms with E-state index in [9.17, 15) is 17.8 Å². The first-order valence-electron chi connectivity index (χ1n) is 8.90. The van der Waals surface area contributed by atoms with E-state index in [-0.39, 0.29) is 23.3 Å². The van der Waals surface area contributed by atoms with Crippen molar-refractivity contribution in [2.24, 2.45) is 13.0 Å². The Bertz CT molecular complexity index is 1000. The molecule has 10 heteroatoms. The molecule has 0 spiro atoms. The Morgan fingerprint density at radius 2 is 2.18 bits per heavy atom. The Kier molecular flexibility index (Phi) is 5.53. The van der Waals surface area contributed by atoms with Crippen molar-refractivity contribution in [3.63, 3.8) is 0 Å². The van der Waals surface area contributed by atoms with E-state index in [0.29, 0.717) is 23.3 Å². The largest absolute Gasteiger partial charge is 0.345 e. The lowest BCUT2D eigenvalue weighted by atomic mass is 9.97. The second-order valence-corrected chi connectivity index (χ2v) is 9.01. The van der Waals surface area contributed by atoms with Crippen LogP contribution in [0.4, 0.5) is 14.5 Å². The second kappa shape index (κ2) is 7.59. The van der Waals surface area contributed by atoms with Crippen molar-refractivity contribution in [2.45, 2.75) is 44.1 Å². The molecule has 1 unspecified atom stereocenters. The molecule has 1 aliphatic rings. The van der Waals surface area contributed by atoms with Gasteiger partial charge in [0, 0.05) is 36.7 Å². The summed E-state index contributed by atoms with van der Waals surface area (Å²) in [6.07, 6.45) is 1.12. The van der Waals surface area contributed by atoms with E-state index in [0.717, 1.165) is 6.07 Å². The third-order valence-corrected chi connectivity index (χ3v) is 6.47. The van der Waals surface area contributed by atoms with Gasteiger partial charge >= 0.3 is 0 Å². The zero-order valence-electron chi connectivity index (χ0n) is 15.8. The Morgan fingerprint density at radius 3 is 2.82 bits per heavy atom. The molecular formula is C18H23F2N5O2S. The predicted molar refractivity (Wildman–Crippen MR) is 102 cm³/mol. The minimum Gasteiger partial charge on any atom is -0.345 e. The van der Waals surface area contributed by atoms with Crippen LogP contribution in [-0.4, -0.2) is 25.7 Å². The molecule has 2 aromatic heterocycles. The van der Waals surface area contributed by atoms with Crippen LogP contribution in [0, 0.1) is 10.7 Å². The lowest BCUT2D eigenvalue weighted by molar-refractivity contribution is 0.101. The summed E-state index contributed by atoms with van der Waals surface area (Å²) in [5.74, 6) is -0.320. The van der Waals surface area contributed by atoms with Gasteiger partial charge in [0.05, 0.1) is 4.90 Å². The van der Waals surface area contributed by atoms with Crippen LogP contribution in [-0.2, 0) is 23.4 Å². The van der Waals surface area contributed by atoms with Gasteiger partial charge in [0.25, 0.3) is 12.3 Å². The van der Waals surface area contributed by atoms with Crippen molar-refractivity contribution in [3.05, 3.63) is 41.5 Å². The number of rotatable bonds is 4. The van der Waals surface area contributed by atoms with Crippen LogP contribution >= 0.6 is 0 Å². The number of anilines is 1.